The van der Waals surface area contributed by atoms with E-state index in [4.69, 9.17) is 4.74 Å². The number of ether oxygens (including phenoxy) is 1. The first kappa shape index (κ1) is 13.9. The zero-order chi connectivity index (χ0) is 13.5. The van der Waals surface area contributed by atoms with Gasteiger partial charge in [-0.1, -0.05) is 36.9 Å². The minimum atomic E-state index is 0.586. The predicted octanol–water partition coefficient (Wildman–Crippen LogP) is 5.10. The maximum absolute atomic E-state index is 5.78. The lowest BCUT2D eigenvalue weighted by molar-refractivity contribution is 0.313. The number of rotatable bonds is 6. The van der Waals surface area contributed by atoms with Crippen molar-refractivity contribution >= 4 is 0 Å². The van der Waals surface area contributed by atoms with Crippen molar-refractivity contribution in [1.29, 1.82) is 0 Å². The fraction of sp³-hybridized carbons (Fsp3) is 0.444. The molecule has 102 valence electrons. The zero-order valence-corrected chi connectivity index (χ0v) is 11.7. The molecule has 0 radical (unpaired) electrons. The highest BCUT2D eigenvalue weighted by molar-refractivity contribution is 5.36. The van der Waals surface area contributed by atoms with E-state index in [2.05, 4.69) is 37.4 Å². The predicted molar refractivity (Wildman–Crippen MR) is 81.6 cm³/mol. The lowest BCUT2D eigenvalue weighted by atomic mass is 9.77. The lowest BCUT2D eigenvalue weighted by Gasteiger charge is -2.29. The van der Waals surface area contributed by atoms with E-state index in [-0.39, 0.29) is 0 Å². The molecule has 0 bridgehead atoms. The number of para-hydroxylation sites is 1. The fourth-order valence-corrected chi connectivity index (χ4v) is 3.04. The van der Waals surface area contributed by atoms with Gasteiger partial charge in [-0.3, -0.25) is 0 Å². The second-order valence-electron chi connectivity index (χ2n) is 5.38. The van der Waals surface area contributed by atoms with Crippen molar-refractivity contribution in [2.75, 3.05) is 6.61 Å². The minimum absolute atomic E-state index is 0.586. The first-order chi connectivity index (χ1) is 9.35. The summed E-state index contributed by atoms with van der Waals surface area (Å²) in [6, 6.07) is 8.46. The average Bonchev–Trinajstić information content (AvgIpc) is 2.47. The molecule has 2 rings (SSSR count). The summed E-state index contributed by atoms with van der Waals surface area (Å²) in [6.45, 7) is 8.15. The van der Waals surface area contributed by atoms with E-state index in [1.807, 2.05) is 6.07 Å². The molecular formula is C18H24O. The summed E-state index contributed by atoms with van der Waals surface area (Å²) >= 11 is 0. The van der Waals surface area contributed by atoms with Crippen molar-refractivity contribution in [2.45, 2.75) is 38.0 Å². The Hall–Kier alpha value is -1.50. The van der Waals surface area contributed by atoms with Crippen molar-refractivity contribution < 1.29 is 4.74 Å². The van der Waals surface area contributed by atoms with Crippen molar-refractivity contribution in [3.8, 4) is 5.75 Å². The van der Waals surface area contributed by atoms with E-state index < -0.39 is 0 Å². The van der Waals surface area contributed by atoms with Crippen LogP contribution >= 0.6 is 0 Å². The van der Waals surface area contributed by atoms with Crippen LogP contribution in [-0.2, 0) is 0 Å². The molecule has 0 saturated heterocycles. The Bertz CT molecular complexity index is 413. The van der Waals surface area contributed by atoms with Gasteiger partial charge in [-0.05, 0) is 55.6 Å². The molecule has 1 fully saturated rings. The molecule has 0 heterocycles. The molecule has 0 N–H and O–H groups in total. The molecule has 1 heteroatoms. The van der Waals surface area contributed by atoms with E-state index in [1.54, 1.807) is 6.08 Å². The highest BCUT2D eigenvalue weighted by Crippen LogP contribution is 2.40. The summed E-state index contributed by atoms with van der Waals surface area (Å²) in [6.07, 6.45) is 10.2. The van der Waals surface area contributed by atoms with Crippen molar-refractivity contribution in [3.63, 3.8) is 0 Å². The average molecular weight is 256 g/mol. The molecule has 19 heavy (non-hydrogen) atoms. The van der Waals surface area contributed by atoms with Crippen molar-refractivity contribution in [2.24, 2.45) is 5.92 Å². The Labute approximate surface area is 117 Å². The molecule has 1 nitrogen and oxygen atoms in total. The third-order valence-corrected chi connectivity index (χ3v) is 4.06. The number of hydrogen-bond acceptors (Lipinski definition) is 1. The second kappa shape index (κ2) is 7.18. The van der Waals surface area contributed by atoms with Crippen LogP contribution in [0.5, 0.6) is 5.75 Å². The zero-order valence-electron chi connectivity index (χ0n) is 11.7. The molecule has 0 aliphatic heterocycles. The van der Waals surface area contributed by atoms with Crippen LogP contribution < -0.4 is 4.74 Å². The van der Waals surface area contributed by atoms with Crippen LogP contribution in [0.25, 0.3) is 0 Å². The maximum Gasteiger partial charge on any atom is 0.123 e. The molecule has 1 aliphatic carbocycles. The van der Waals surface area contributed by atoms with E-state index >= 15 is 0 Å². The smallest absolute Gasteiger partial charge is 0.123 e. The van der Waals surface area contributed by atoms with E-state index in [1.165, 1.54) is 37.7 Å². The van der Waals surface area contributed by atoms with Gasteiger partial charge in [-0.2, -0.15) is 0 Å². The van der Waals surface area contributed by atoms with E-state index in [0.717, 1.165) is 11.7 Å². The third-order valence-electron chi connectivity index (χ3n) is 4.06. The molecule has 0 amide bonds. The SMILES string of the molecule is C=CCOc1ccccc1C1CCC(CC=C)CC1. The molecule has 0 atom stereocenters. The lowest BCUT2D eigenvalue weighted by Crippen LogP contribution is -2.13. The van der Waals surface area contributed by atoms with Crippen molar-refractivity contribution in [1.82, 2.24) is 0 Å². The highest BCUT2D eigenvalue weighted by atomic mass is 16.5. The molecule has 1 aromatic carbocycles. The molecule has 1 aliphatic rings. The van der Waals surface area contributed by atoms with Gasteiger partial charge < -0.3 is 4.74 Å². The summed E-state index contributed by atoms with van der Waals surface area (Å²) in [5, 5.41) is 0. The van der Waals surface area contributed by atoms with Gasteiger partial charge in [0, 0.05) is 0 Å². The molecule has 1 saturated carbocycles. The number of benzene rings is 1. The van der Waals surface area contributed by atoms with E-state index in [0.29, 0.717) is 12.5 Å². The quantitative estimate of drug-likeness (QED) is 0.643. The monoisotopic (exact) mass is 256 g/mol. The number of hydrogen-bond donors (Lipinski definition) is 0. The van der Waals surface area contributed by atoms with Crippen LogP contribution in [0.4, 0.5) is 0 Å². The normalized spacial score (nSPS) is 22.7. The van der Waals surface area contributed by atoms with Crippen LogP contribution in [0, 0.1) is 5.92 Å². The first-order valence-corrected chi connectivity index (χ1v) is 7.28. The largest absolute Gasteiger partial charge is 0.489 e. The second-order valence-corrected chi connectivity index (χ2v) is 5.38. The Kier molecular flexibility index (Phi) is 5.26. The standard InChI is InChI=1S/C18H24O/c1-3-7-15-10-12-16(13-11-15)17-8-5-6-9-18(17)19-14-4-2/h3-6,8-9,15-16H,1-2,7,10-14H2. The molecule has 0 unspecified atom stereocenters. The fourth-order valence-electron chi connectivity index (χ4n) is 3.04. The number of allylic oxidation sites excluding steroid dienone is 1. The molecule has 0 spiro atoms. The van der Waals surface area contributed by atoms with Gasteiger partial charge in [0.1, 0.15) is 12.4 Å². The third kappa shape index (κ3) is 3.73. The van der Waals surface area contributed by atoms with Gasteiger partial charge in [0.05, 0.1) is 0 Å². The first-order valence-electron chi connectivity index (χ1n) is 7.28. The van der Waals surface area contributed by atoms with Gasteiger partial charge >= 0.3 is 0 Å². The van der Waals surface area contributed by atoms with Gasteiger partial charge in [-0.25, -0.2) is 0 Å². The van der Waals surface area contributed by atoms with Crippen molar-refractivity contribution in [3.05, 3.63) is 55.1 Å². The van der Waals surface area contributed by atoms with Gasteiger partial charge in [0.15, 0.2) is 0 Å². The highest BCUT2D eigenvalue weighted by Gasteiger charge is 2.23. The Balaban J connectivity index is 2.02. The topological polar surface area (TPSA) is 9.23 Å². The van der Waals surface area contributed by atoms with Crippen LogP contribution in [-0.4, -0.2) is 6.61 Å². The Morgan fingerprint density at radius 1 is 1.05 bits per heavy atom. The van der Waals surface area contributed by atoms with Crippen LogP contribution in [0.2, 0.25) is 0 Å². The van der Waals surface area contributed by atoms with Crippen LogP contribution in [0.1, 0.15) is 43.6 Å². The molecular weight excluding hydrogens is 232 g/mol. The van der Waals surface area contributed by atoms with E-state index in [9.17, 15) is 0 Å². The van der Waals surface area contributed by atoms with Crippen LogP contribution in [0.15, 0.2) is 49.6 Å². The summed E-state index contributed by atoms with van der Waals surface area (Å²) in [7, 11) is 0. The minimum Gasteiger partial charge on any atom is -0.489 e. The van der Waals surface area contributed by atoms with Gasteiger partial charge in [-0.15, -0.1) is 6.58 Å². The molecule has 0 aromatic heterocycles. The Morgan fingerprint density at radius 2 is 1.79 bits per heavy atom. The summed E-state index contributed by atoms with van der Waals surface area (Å²) in [5.74, 6) is 2.53. The maximum atomic E-state index is 5.78. The van der Waals surface area contributed by atoms with Crippen LogP contribution in [0.3, 0.4) is 0 Å². The Morgan fingerprint density at radius 3 is 2.47 bits per heavy atom. The molecule has 1 aromatic rings. The summed E-state index contributed by atoms with van der Waals surface area (Å²) in [5.41, 5.74) is 1.38. The van der Waals surface area contributed by atoms with Gasteiger partial charge in [0.2, 0.25) is 0 Å². The summed E-state index contributed by atoms with van der Waals surface area (Å²) < 4.78 is 5.78. The summed E-state index contributed by atoms with van der Waals surface area (Å²) in [4.78, 5) is 0. The van der Waals surface area contributed by atoms with Gasteiger partial charge in [0.25, 0.3) is 0 Å².